The highest BCUT2D eigenvalue weighted by Gasteiger charge is 2.12. The number of nitrogens with zero attached hydrogens (tertiary/aromatic N) is 3. The molecular formula is C14H7BrFN3. The summed E-state index contributed by atoms with van der Waals surface area (Å²) in [5.74, 6) is -0.282. The summed E-state index contributed by atoms with van der Waals surface area (Å²) in [7, 11) is 0. The Labute approximate surface area is 117 Å². The number of rotatable bonds is 1. The molecule has 0 bridgehead atoms. The van der Waals surface area contributed by atoms with E-state index in [0.29, 0.717) is 5.56 Å². The molecule has 92 valence electrons. The van der Waals surface area contributed by atoms with Crippen LogP contribution in [0.4, 0.5) is 4.39 Å². The van der Waals surface area contributed by atoms with Crippen LogP contribution in [-0.2, 0) is 0 Å². The third kappa shape index (κ3) is 2.00. The number of benzene rings is 1. The molecule has 3 aromatic rings. The molecule has 2 aromatic heterocycles. The Hall–Kier alpha value is -2.19. The molecule has 1 aromatic carbocycles. The second kappa shape index (κ2) is 4.48. The Morgan fingerprint density at radius 3 is 2.58 bits per heavy atom. The van der Waals surface area contributed by atoms with E-state index in [0.717, 1.165) is 21.2 Å². The highest BCUT2D eigenvalue weighted by molar-refractivity contribution is 9.10. The summed E-state index contributed by atoms with van der Waals surface area (Å²) in [5.41, 5.74) is 2.93. The molecule has 0 unspecified atom stereocenters. The molecule has 0 aliphatic heterocycles. The summed E-state index contributed by atoms with van der Waals surface area (Å²) in [6, 6.07) is 11.8. The molecule has 3 rings (SSSR count). The lowest BCUT2D eigenvalue weighted by atomic mass is 10.1. The van der Waals surface area contributed by atoms with Crippen LogP contribution in [-0.4, -0.2) is 9.61 Å². The van der Waals surface area contributed by atoms with E-state index >= 15 is 0 Å². The lowest BCUT2D eigenvalue weighted by molar-refractivity contribution is 0.628. The van der Waals surface area contributed by atoms with Crippen molar-refractivity contribution in [2.24, 2.45) is 0 Å². The summed E-state index contributed by atoms with van der Waals surface area (Å²) in [4.78, 5) is 0. The van der Waals surface area contributed by atoms with Gasteiger partial charge in [-0.15, -0.1) is 0 Å². The summed E-state index contributed by atoms with van der Waals surface area (Å²) in [5, 5.41) is 13.3. The topological polar surface area (TPSA) is 41.1 Å². The Balaban J connectivity index is 2.22. The molecular weight excluding hydrogens is 309 g/mol. The first kappa shape index (κ1) is 11.9. The SMILES string of the molecule is N#Cc1ccc2c(Br)c(-c3ccc(F)cc3)nn2c1. The standard InChI is InChI=1S/C14H7BrFN3/c15-13-12-6-1-9(7-17)8-19(12)18-14(13)10-2-4-11(16)5-3-10/h1-6,8H. The molecule has 0 saturated carbocycles. The summed E-state index contributed by atoms with van der Waals surface area (Å²) >= 11 is 3.49. The van der Waals surface area contributed by atoms with Crippen LogP contribution in [0.3, 0.4) is 0 Å². The Morgan fingerprint density at radius 1 is 1.16 bits per heavy atom. The molecule has 19 heavy (non-hydrogen) atoms. The van der Waals surface area contributed by atoms with Crippen LogP contribution < -0.4 is 0 Å². The van der Waals surface area contributed by atoms with E-state index in [9.17, 15) is 4.39 Å². The Morgan fingerprint density at radius 2 is 1.89 bits per heavy atom. The number of hydrogen-bond donors (Lipinski definition) is 0. The second-order valence-electron chi connectivity index (χ2n) is 4.03. The quantitative estimate of drug-likeness (QED) is 0.685. The first-order valence-electron chi connectivity index (χ1n) is 5.53. The lowest BCUT2D eigenvalue weighted by Gasteiger charge is -1.96. The number of halogens is 2. The number of fused-ring (bicyclic) bond motifs is 1. The smallest absolute Gasteiger partial charge is 0.123 e. The van der Waals surface area contributed by atoms with Gasteiger partial charge in [-0.3, -0.25) is 0 Å². The maximum atomic E-state index is 12.9. The van der Waals surface area contributed by atoms with Crippen LogP contribution in [0, 0.1) is 17.1 Å². The highest BCUT2D eigenvalue weighted by atomic mass is 79.9. The van der Waals surface area contributed by atoms with Crippen molar-refractivity contribution in [1.29, 1.82) is 5.26 Å². The molecule has 0 N–H and O–H groups in total. The van der Waals surface area contributed by atoms with Crippen molar-refractivity contribution in [3.8, 4) is 17.3 Å². The minimum atomic E-state index is -0.282. The predicted molar refractivity (Wildman–Crippen MR) is 73.0 cm³/mol. The maximum absolute atomic E-state index is 12.9. The van der Waals surface area contributed by atoms with Gasteiger partial charge in [-0.05, 0) is 52.3 Å². The molecule has 0 fully saturated rings. The second-order valence-corrected chi connectivity index (χ2v) is 4.82. The summed E-state index contributed by atoms with van der Waals surface area (Å²) in [6.45, 7) is 0. The van der Waals surface area contributed by atoms with Crippen LogP contribution in [0.5, 0.6) is 0 Å². The van der Waals surface area contributed by atoms with E-state index in [1.807, 2.05) is 6.07 Å². The highest BCUT2D eigenvalue weighted by Crippen LogP contribution is 2.31. The Bertz CT molecular complexity index is 800. The average molecular weight is 316 g/mol. The van der Waals surface area contributed by atoms with Gasteiger partial charge in [0, 0.05) is 11.8 Å². The number of aromatic nitrogens is 2. The minimum Gasteiger partial charge on any atom is -0.238 e. The van der Waals surface area contributed by atoms with Crippen LogP contribution in [0.2, 0.25) is 0 Å². The van der Waals surface area contributed by atoms with Crippen LogP contribution in [0.25, 0.3) is 16.8 Å². The molecule has 0 atom stereocenters. The molecule has 3 nitrogen and oxygen atoms in total. The van der Waals surface area contributed by atoms with Gasteiger partial charge in [0.25, 0.3) is 0 Å². The molecule has 0 radical (unpaired) electrons. The van der Waals surface area contributed by atoms with Gasteiger partial charge in [0.2, 0.25) is 0 Å². The molecule has 5 heteroatoms. The number of hydrogen-bond acceptors (Lipinski definition) is 2. The third-order valence-electron chi connectivity index (χ3n) is 2.82. The summed E-state index contributed by atoms with van der Waals surface area (Å²) in [6.07, 6.45) is 1.66. The fourth-order valence-electron chi connectivity index (χ4n) is 1.88. The van der Waals surface area contributed by atoms with Crippen molar-refractivity contribution in [3.05, 3.63) is 58.4 Å². The van der Waals surface area contributed by atoms with E-state index in [2.05, 4.69) is 27.1 Å². The van der Waals surface area contributed by atoms with Crippen LogP contribution in [0.1, 0.15) is 5.56 Å². The fourth-order valence-corrected chi connectivity index (χ4v) is 2.50. The zero-order valence-corrected chi connectivity index (χ0v) is 11.2. The largest absolute Gasteiger partial charge is 0.238 e. The van der Waals surface area contributed by atoms with E-state index < -0.39 is 0 Å². The van der Waals surface area contributed by atoms with Gasteiger partial charge in [0.15, 0.2) is 0 Å². The first-order chi connectivity index (χ1) is 9.19. The van der Waals surface area contributed by atoms with Gasteiger partial charge in [0.1, 0.15) is 17.6 Å². The average Bonchev–Trinajstić information content (AvgIpc) is 2.76. The van der Waals surface area contributed by atoms with Crippen molar-refractivity contribution in [2.45, 2.75) is 0 Å². The first-order valence-corrected chi connectivity index (χ1v) is 6.32. The minimum absolute atomic E-state index is 0.282. The van der Waals surface area contributed by atoms with E-state index in [1.165, 1.54) is 12.1 Å². The molecule has 2 heterocycles. The van der Waals surface area contributed by atoms with Crippen molar-refractivity contribution in [1.82, 2.24) is 9.61 Å². The monoisotopic (exact) mass is 315 g/mol. The predicted octanol–water partition coefficient (Wildman–Crippen LogP) is 3.77. The van der Waals surface area contributed by atoms with Gasteiger partial charge in [-0.2, -0.15) is 10.4 Å². The zero-order chi connectivity index (χ0) is 13.4. The zero-order valence-electron chi connectivity index (χ0n) is 9.64. The number of nitriles is 1. The van der Waals surface area contributed by atoms with E-state index in [-0.39, 0.29) is 5.82 Å². The van der Waals surface area contributed by atoms with Gasteiger partial charge < -0.3 is 0 Å². The van der Waals surface area contributed by atoms with Gasteiger partial charge in [0.05, 0.1) is 15.6 Å². The Kier molecular flexibility index (Phi) is 2.80. The third-order valence-corrected chi connectivity index (χ3v) is 3.60. The van der Waals surface area contributed by atoms with Crippen molar-refractivity contribution in [3.63, 3.8) is 0 Å². The van der Waals surface area contributed by atoms with Crippen molar-refractivity contribution < 1.29 is 4.39 Å². The van der Waals surface area contributed by atoms with E-state index in [4.69, 9.17) is 5.26 Å². The molecule has 0 amide bonds. The van der Waals surface area contributed by atoms with Gasteiger partial charge >= 0.3 is 0 Å². The lowest BCUT2D eigenvalue weighted by Crippen LogP contribution is -1.88. The normalized spacial score (nSPS) is 10.6. The molecule has 0 spiro atoms. The van der Waals surface area contributed by atoms with Gasteiger partial charge in [-0.25, -0.2) is 8.91 Å². The van der Waals surface area contributed by atoms with Crippen molar-refractivity contribution >= 4 is 21.4 Å². The molecule has 0 aliphatic rings. The maximum Gasteiger partial charge on any atom is 0.123 e. The van der Waals surface area contributed by atoms with Gasteiger partial charge in [-0.1, -0.05) is 0 Å². The summed E-state index contributed by atoms with van der Waals surface area (Å²) < 4.78 is 15.4. The fraction of sp³-hybridized carbons (Fsp3) is 0. The number of pyridine rings is 1. The van der Waals surface area contributed by atoms with Crippen molar-refractivity contribution in [2.75, 3.05) is 0 Å². The van der Waals surface area contributed by atoms with E-state index in [1.54, 1.807) is 28.9 Å². The van der Waals surface area contributed by atoms with Crippen LogP contribution >= 0.6 is 15.9 Å². The van der Waals surface area contributed by atoms with Crippen LogP contribution in [0.15, 0.2) is 47.1 Å². The molecule has 0 saturated heterocycles. The molecule has 0 aliphatic carbocycles.